The summed E-state index contributed by atoms with van der Waals surface area (Å²) < 4.78 is 19.4. The Morgan fingerprint density at radius 3 is 2.86 bits per heavy atom. The lowest BCUT2D eigenvalue weighted by atomic mass is 10.1. The van der Waals surface area contributed by atoms with Crippen LogP contribution in [0.5, 0.6) is 0 Å². The molecular weight excluding hydrogens is 287 g/mol. The Morgan fingerprint density at radius 1 is 1.32 bits per heavy atom. The van der Waals surface area contributed by atoms with Crippen LogP contribution in [0.3, 0.4) is 0 Å². The third-order valence-electron chi connectivity index (χ3n) is 4.17. The fourth-order valence-electron chi connectivity index (χ4n) is 2.93. The van der Waals surface area contributed by atoms with E-state index in [4.69, 9.17) is 4.74 Å². The van der Waals surface area contributed by atoms with Crippen LogP contribution in [0.4, 0.5) is 4.39 Å². The van der Waals surface area contributed by atoms with Crippen LogP contribution < -0.4 is 0 Å². The van der Waals surface area contributed by atoms with Gasteiger partial charge in [-0.05, 0) is 12.5 Å². The zero-order valence-electron chi connectivity index (χ0n) is 12.3. The summed E-state index contributed by atoms with van der Waals surface area (Å²) in [6.07, 6.45) is 0.884. The normalized spacial score (nSPS) is 22.2. The fraction of sp³-hybridized carbons (Fsp3) is 0.500. The Morgan fingerprint density at radius 2 is 2.14 bits per heavy atom. The summed E-state index contributed by atoms with van der Waals surface area (Å²) in [7, 11) is 0. The summed E-state index contributed by atoms with van der Waals surface area (Å²) in [5.41, 5.74) is 0.470. The highest BCUT2D eigenvalue weighted by Crippen LogP contribution is 2.24. The maximum absolute atomic E-state index is 13.8. The molecule has 22 heavy (non-hydrogen) atoms. The van der Waals surface area contributed by atoms with Gasteiger partial charge in [-0.3, -0.25) is 9.59 Å². The highest BCUT2D eigenvalue weighted by atomic mass is 19.1. The molecule has 0 aromatic heterocycles. The number of likely N-dealkylation sites (tertiary alicyclic amines) is 1. The van der Waals surface area contributed by atoms with Crippen LogP contribution in [0.1, 0.15) is 24.5 Å². The van der Waals surface area contributed by atoms with Gasteiger partial charge in [-0.25, -0.2) is 4.39 Å². The van der Waals surface area contributed by atoms with Gasteiger partial charge in [0, 0.05) is 25.1 Å². The van der Waals surface area contributed by atoms with E-state index in [1.165, 1.54) is 6.07 Å². The minimum Gasteiger partial charge on any atom is -0.370 e. The molecule has 2 saturated heterocycles. The largest absolute Gasteiger partial charge is 0.370 e. The molecule has 0 bridgehead atoms. The van der Waals surface area contributed by atoms with Gasteiger partial charge in [0.1, 0.15) is 11.9 Å². The molecule has 1 atom stereocenters. The molecule has 0 aliphatic carbocycles. The van der Waals surface area contributed by atoms with Crippen LogP contribution in [-0.4, -0.2) is 54.4 Å². The number of ether oxygens (including phenoxy) is 1. The average molecular weight is 306 g/mol. The molecule has 0 N–H and O–H groups in total. The first-order chi connectivity index (χ1) is 10.6. The number of rotatable bonds is 3. The van der Waals surface area contributed by atoms with Gasteiger partial charge in [0.2, 0.25) is 11.8 Å². The van der Waals surface area contributed by atoms with Gasteiger partial charge in [0.05, 0.1) is 19.7 Å². The maximum Gasteiger partial charge on any atom is 0.242 e. The zero-order valence-corrected chi connectivity index (χ0v) is 12.3. The first-order valence-electron chi connectivity index (χ1n) is 7.57. The monoisotopic (exact) mass is 306 g/mol. The number of nitrogens with zero attached hydrogens (tertiary/aromatic N) is 2. The SMILES string of the molecule is O=C1CCCN1CC(=O)N1CCOC(c2ccccc2F)C1. The molecule has 0 saturated carbocycles. The number of hydrogen-bond donors (Lipinski definition) is 0. The summed E-state index contributed by atoms with van der Waals surface area (Å²) >= 11 is 0. The van der Waals surface area contributed by atoms with Crippen molar-refractivity contribution in [2.75, 3.05) is 32.8 Å². The second kappa shape index (κ2) is 6.44. The topological polar surface area (TPSA) is 49.9 Å². The Bertz CT molecular complexity index is 578. The van der Waals surface area contributed by atoms with Crippen molar-refractivity contribution in [1.29, 1.82) is 0 Å². The van der Waals surface area contributed by atoms with E-state index in [1.54, 1.807) is 28.0 Å². The Kier molecular flexibility index (Phi) is 4.38. The number of hydrogen-bond acceptors (Lipinski definition) is 3. The van der Waals surface area contributed by atoms with Crippen molar-refractivity contribution in [1.82, 2.24) is 9.80 Å². The average Bonchev–Trinajstić information content (AvgIpc) is 2.93. The number of amides is 2. The lowest BCUT2D eigenvalue weighted by Gasteiger charge is -2.34. The van der Waals surface area contributed by atoms with Crippen molar-refractivity contribution in [3.63, 3.8) is 0 Å². The van der Waals surface area contributed by atoms with E-state index in [0.29, 0.717) is 38.2 Å². The van der Waals surface area contributed by atoms with Crippen LogP contribution >= 0.6 is 0 Å². The van der Waals surface area contributed by atoms with Crippen LogP contribution in [-0.2, 0) is 14.3 Å². The Balaban J connectivity index is 1.64. The molecule has 2 amide bonds. The van der Waals surface area contributed by atoms with Crippen LogP contribution in [0.25, 0.3) is 0 Å². The highest BCUT2D eigenvalue weighted by Gasteiger charge is 2.29. The summed E-state index contributed by atoms with van der Waals surface area (Å²) in [5.74, 6) is -0.385. The van der Waals surface area contributed by atoms with E-state index in [2.05, 4.69) is 0 Å². The van der Waals surface area contributed by atoms with E-state index in [9.17, 15) is 14.0 Å². The molecule has 1 aromatic rings. The molecule has 5 nitrogen and oxygen atoms in total. The predicted octanol–water partition coefficient (Wildman–Crippen LogP) is 1.35. The Hall–Kier alpha value is -1.95. The van der Waals surface area contributed by atoms with Crippen molar-refractivity contribution in [3.05, 3.63) is 35.6 Å². The molecule has 3 rings (SSSR count). The van der Waals surface area contributed by atoms with Crippen molar-refractivity contribution in [2.24, 2.45) is 0 Å². The molecule has 0 radical (unpaired) electrons. The molecule has 2 fully saturated rings. The Labute approximate surface area is 128 Å². The summed E-state index contributed by atoms with van der Waals surface area (Å²) in [4.78, 5) is 27.2. The number of morpholine rings is 1. The lowest BCUT2D eigenvalue weighted by molar-refractivity contribution is -0.143. The summed E-state index contributed by atoms with van der Waals surface area (Å²) in [6.45, 7) is 1.93. The first kappa shape index (κ1) is 15.0. The van der Waals surface area contributed by atoms with E-state index >= 15 is 0 Å². The third-order valence-corrected chi connectivity index (χ3v) is 4.17. The van der Waals surface area contributed by atoms with Crippen LogP contribution in [0.15, 0.2) is 24.3 Å². The molecule has 2 heterocycles. The highest BCUT2D eigenvalue weighted by molar-refractivity contribution is 5.86. The van der Waals surface area contributed by atoms with Gasteiger partial charge in [0.25, 0.3) is 0 Å². The third kappa shape index (κ3) is 3.11. The number of halogens is 1. The number of carbonyl (C=O) groups is 2. The van der Waals surface area contributed by atoms with Crippen molar-refractivity contribution < 1.29 is 18.7 Å². The van der Waals surface area contributed by atoms with E-state index in [0.717, 1.165) is 6.42 Å². The zero-order chi connectivity index (χ0) is 15.5. The summed E-state index contributed by atoms with van der Waals surface area (Å²) in [6, 6.07) is 6.45. The number of benzene rings is 1. The predicted molar refractivity (Wildman–Crippen MR) is 77.5 cm³/mol. The maximum atomic E-state index is 13.8. The van der Waals surface area contributed by atoms with Gasteiger partial charge in [-0.2, -0.15) is 0 Å². The van der Waals surface area contributed by atoms with Gasteiger partial charge in [-0.1, -0.05) is 18.2 Å². The minimum absolute atomic E-state index is 0.0345. The molecule has 2 aliphatic heterocycles. The van der Waals surface area contributed by atoms with Gasteiger partial charge in [-0.15, -0.1) is 0 Å². The van der Waals surface area contributed by atoms with E-state index in [-0.39, 0.29) is 24.2 Å². The second-order valence-electron chi connectivity index (χ2n) is 5.64. The van der Waals surface area contributed by atoms with Crippen molar-refractivity contribution in [2.45, 2.75) is 18.9 Å². The van der Waals surface area contributed by atoms with Crippen LogP contribution in [0.2, 0.25) is 0 Å². The van der Waals surface area contributed by atoms with Gasteiger partial charge in [0.15, 0.2) is 0 Å². The smallest absolute Gasteiger partial charge is 0.242 e. The molecule has 6 heteroatoms. The van der Waals surface area contributed by atoms with Gasteiger partial charge >= 0.3 is 0 Å². The lowest BCUT2D eigenvalue weighted by Crippen LogP contribution is -2.47. The van der Waals surface area contributed by atoms with Crippen molar-refractivity contribution in [3.8, 4) is 0 Å². The minimum atomic E-state index is -0.451. The quantitative estimate of drug-likeness (QED) is 0.847. The molecule has 1 unspecified atom stereocenters. The summed E-state index contributed by atoms with van der Waals surface area (Å²) in [5, 5.41) is 0. The van der Waals surface area contributed by atoms with E-state index in [1.807, 2.05) is 0 Å². The molecule has 0 spiro atoms. The second-order valence-corrected chi connectivity index (χ2v) is 5.64. The molecule has 118 valence electrons. The van der Waals surface area contributed by atoms with Crippen molar-refractivity contribution >= 4 is 11.8 Å². The fourth-order valence-corrected chi connectivity index (χ4v) is 2.93. The molecular formula is C16H19FN2O3. The molecule has 1 aromatic carbocycles. The van der Waals surface area contributed by atoms with Gasteiger partial charge < -0.3 is 14.5 Å². The molecule has 2 aliphatic rings. The first-order valence-corrected chi connectivity index (χ1v) is 7.57. The van der Waals surface area contributed by atoms with E-state index < -0.39 is 6.10 Å². The van der Waals surface area contributed by atoms with Crippen LogP contribution in [0, 0.1) is 5.82 Å². The standard InChI is InChI=1S/C16H19FN2O3/c17-13-5-2-1-4-12(13)14-10-19(8-9-22-14)16(21)11-18-7-3-6-15(18)20/h1-2,4-5,14H,3,6-11H2. The number of carbonyl (C=O) groups excluding carboxylic acids is 2.